The Morgan fingerprint density at radius 2 is 1.50 bits per heavy atom. The Bertz CT molecular complexity index is 633. The third-order valence-electron chi connectivity index (χ3n) is 4.52. The Morgan fingerprint density at radius 1 is 0.923 bits per heavy atom. The molecule has 0 aliphatic carbocycles. The van der Waals surface area contributed by atoms with Gasteiger partial charge in [0.25, 0.3) is 0 Å². The molecule has 1 aliphatic rings. The largest absolute Gasteiger partial charge is 0.394 e. The highest BCUT2D eigenvalue weighted by Crippen LogP contribution is 2.27. The number of benzene rings is 2. The number of ether oxygens (including phenoxy) is 4. The highest BCUT2D eigenvalue weighted by molar-refractivity contribution is 5.14. The molecule has 2 aromatic rings. The molecule has 0 saturated carbocycles. The summed E-state index contributed by atoms with van der Waals surface area (Å²) >= 11 is 0. The van der Waals surface area contributed by atoms with Crippen LogP contribution in [0.2, 0.25) is 0 Å². The van der Waals surface area contributed by atoms with Crippen LogP contribution in [0.3, 0.4) is 0 Å². The number of aliphatic hydroxyl groups excluding tert-OH is 1. The van der Waals surface area contributed by atoms with E-state index in [1.165, 1.54) is 0 Å². The summed E-state index contributed by atoms with van der Waals surface area (Å²) in [5, 5.41) is 9.76. The van der Waals surface area contributed by atoms with Crippen molar-refractivity contribution in [3.63, 3.8) is 0 Å². The lowest BCUT2D eigenvalue weighted by Gasteiger charge is -2.40. The van der Waals surface area contributed by atoms with Crippen LogP contribution in [0, 0.1) is 0 Å². The normalized spacial score (nSPS) is 25.9. The molecule has 2 aromatic carbocycles. The van der Waals surface area contributed by atoms with Gasteiger partial charge in [-0.2, -0.15) is 0 Å². The maximum absolute atomic E-state index is 9.76. The molecule has 0 unspecified atom stereocenters. The van der Waals surface area contributed by atoms with Crippen molar-refractivity contribution < 1.29 is 24.1 Å². The minimum Gasteiger partial charge on any atom is -0.394 e. The van der Waals surface area contributed by atoms with Crippen LogP contribution in [0.5, 0.6) is 0 Å². The van der Waals surface area contributed by atoms with Gasteiger partial charge >= 0.3 is 0 Å². The van der Waals surface area contributed by atoms with Crippen LogP contribution < -0.4 is 0 Å². The molecule has 1 aliphatic heterocycles. The summed E-state index contributed by atoms with van der Waals surface area (Å²) in [7, 11) is 1.60. The van der Waals surface area contributed by atoms with Gasteiger partial charge in [0, 0.05) is 13.5 Å². The van der Waals surface area contributed by atoms with Crippen molar-refractivity contribution in [2.45, 2.75) is 44.2 Å². The Labute approximate surface area is 154 Å². The SMILES string of the molecule is CO[C@@H]1C[C@@H](OCc2ccccc2)[C@H](OCc2ccccc2)[C@@H](CO)O1. The maximum atomic E-state index is 9.76. The van der Waals surface area contributed by atoms with Crippen molar-refractivity contribution in [2.24, 2.45) is 0 Å². The molecule has 0 aromatic heterocycles. The van der Waals surface area contributed by atoms with E-state index in [4.69, 9.17) is 18.9 Å². The Morgan fingerprint density at radius 3 is 2.04 bits per heavy atom. The lowest BCUT2D eigenvalue weighted by atomic mass is 10.0. The molecule has 0 spiro atoms. The van der Waals surface area contributed by atoms with Gasteiger partial charge in [-0.1, -0.05) is 60.7 Å². The number of hydrogen-bond acceptors (Lipinski definition) is 5. The van der Waals surface area contributed by atoms with Crippen molar-refractivity contribution in [1.82, 2.24) is 0 Å². The van der Waals surface area contributed by atoms with Crippen molar-refractivity contribution >= 4 is 0 Å². The fourth-order valence-electron chi connectivity index (χ4n) is 3.11. The van der Waals surface area contributed by atoms with Crippen LogP contribution >= 0.6 is 0 Å². The molecule has 26 heavy (non-hydrogen) atoms. The smallest absolute Gasteiger partial charge is 0.160 e. The lowest BCUT2D eigenvalue weighted by molar-refractivity contribution is -0.269. The second-order valence-corrected chi connectivity index (χ2v) is 6.35. The van der Waals surface area contributed by atoms with E-state index in [0.717, 1.165) is 11.1 Å². The van der Waals surface area contributed by atoms with Crippen LogP contribution in [0.1, 0.15) is 17.5 Å². The topological polar surface area (TPSA) is 57.2 Å². The average molecular weight is 358 g/mol. The van der Waals surface area contributed by atoms with E-state index < -0.39 is 12.4 Å². The molecule has 140 valence electrons. The average Bonchev–Trinajstić information content (AvgIpc) is 2.72. The highest BCUT2D eigenvalue weighted by Gasteiger charge is 2.40. The molecule has 1 N–H and O–H groups in total. The molecule has 4 atom stereocenters. The predicted molar refractivity (Wildman–Crippen MR) is 97.4 cm³/mol. The van der Waals surface area contributed by atoms with E-state index in [2.05, 4.69) is 0 Å². The first kappa shape index (κ1) is 19.0. The summed E-state index contributed by atoms with van der Waals surface area (Å²) in [5.41, 5.74) is 2.16. The molecule has 0 bridgehead atoms. The number of hydrogen-bond donors (Lipinski definition) is 1. The molecule has 1 saturated heterocycles. The summed E-state index contributed by atoms with van der Waals surface area (Å²) in [6, 6.07) is 19.9. The van der Waals surface area contributed by atoms with Crippen LogP contribution in [0.4, 0.5) is 0 Å². The van der Waals surface area contributed by atoms with Crippen molar-refractivity contribution in [3.8, 4) is 0 Å². The molecular weight excluding hydrogens is 332 g/mol. The maximum Gasteiger partial charge on any atom is 0.160 e. The first-order chi connectivity index (χ1) is 12.8. The fourth-order valence-corrected chi connectivity index (χ4v) is 3.11. The van der Waals surface area contributed by atoms with Crippen molar-refractivity contribution in [2.75, 3.05) is 13.7 Å². The first-order valence-electron chi connectivity index (χ1n) is 8.90. The third kappa shape index (κ3) is 5.13. The Kier molecular flexibility index (Phi) is 7.17. The van der Waals surface area contributed by atoms with Gasteiger partial charge in [0.2, 0.25) is 0 Å². The van der Waals surface area contributed by atoms with Gasteiger partial charge in [-0.3, -0.25) is 0 Å². The minimum absolute atomic E-state index is 0.148. The van der Waals surface area contributed by atoms with Crippen molar-refractivity contribution in [3.05, 3.63) is 71.8 Å². The highest BCUT2D eigenvalue weighted by atomic mass is 16.7. The molecule has 5 nitrogen and oxygen atoms in total. The Hall–Kier alpha value is -1.76. The Balaban J connectivity index is 1.67. The zero-order chi connectivity index (χ0) is 18.2. The summed E-state index contributed by atoms with van der Waals surface area (Å²) in [6.45, 7) is 0.768. The number of methoxy groups -OCH3 is 1. The van der Waals surface area contributed by atoms with E-state index >= 15 is 0 Å². The molecule has 5 heteroatoms. The molecule has 1 heterocycles. The predicted octanol–water partition coefficient (Wildman–Crippen LogP) is 2.91. The fraction of sp³-hybridized carbons (Fsp3) is 0.429. The number of aliphatic hydroxyl groups is 1. The second kappa shape index (κ2) is 9.80. The first-order valence-corrected chi connectivity index (χ1v) is 8.90. The summed E-state index contributed by atoms with van der Waals surface area (Å²) in [6.07, 6.45) is -0.938. The summed E-state index contributed by atoms with van der Waals surface area (Å²) < 4.78 is 23.4. The standard InChI is InChI=1S/C21H26O5/c1-23-20-12-18(24-14-16-8-4-2-5-9-16)21(19(13-22)26-20)25-15-17-10-6-3-7-11-17/h2-11,18-22H,12-15H2,1H3/t18-,19-,20+,21+/m1/s1. The van der Waals surface area contributed by atoms with E-state index in [1.807, 2.05) is 60.7 Å². The van der Waals surface area contributed by atoms with Crippen molar-refractivity contribution in [1.29, 1.82) is 0 Å². The van der Waals surface area contributed by atoms with Gasteiger partial charge in [-0.15, -0.1) is 0 Å². The van der Waals surface area contributed by atoms with Gasteiger partial charge < -0.3 is 24.1 Å². The second-order valence-electron chi connectivity index (χ2n) is 6.35. The van der Waals surface area contributed by atoms with E-state index in [-0.39, 0.29) is 18.8 Å². The lowest BCUT2D eigenvalue weighted by Crippen LogP contribution is -2.52. The van der Waals surface area contributed by atoms with Gasteiger partial charge in [0.15, 0.2) is 6.29 Å². The van der Waals surface area contributed by atoms with Gasteiger partial charge in [-0.25, -0.2) is 0 Å². The molecule has 0 amide bonds. The van der Waals surface area contributed by atoms with Crippen LogP contribution in [0.15, 0.2) is 60.7 Å². The molecule has 0 radical (unpaired) electrons. The zero-order valence-corrected chi connectivity index (χ0v) is 15.0. The quantitative estimate of drug-likeness (QED) is 0.786. The van der Waals surface area contributed by atoms with Crippen LogP contribution in [-0.4, -0.2) is 43.4 Å². The number of rotatable bonds is 8. The monoisotopic (exact) mass is 358 g/mol. The molecule has 1 fully saturated rings. The molecule has 3 rings (SSSR count). The van der Waals surface area contributed by atoms with Crippen LogP contribution in [0.25, 0.3) is 0 Å². The van der Waals surface area contributed by atoms with Crippen LogP contribution in [-0.2, 0) is 32.2 Å². The zero-order valence-electron chi connectivity index (χ0n) is 15.0. The molecular formula is C21H26O5. The van der Waals surface area contributed by atoms with Gasteiger partial charge in [-0.05, 0) is 11.1 Å². The van der Waals surface area contributed by atoms with Gasteiger partial charge in [0.05, 0.1) is 25.9 Å². The van der Waals surface area contributed by atoms with E-state index in [0.29, 0.717) is 19.6 Å². The van der Waals surface area contributed by atoms with Gasteiger partial charge in [0.1, 0.15) is 12.2 Å². The van der Waals surface area contributed by atoms with E-state index in [1.54, 1.807) is 7.11 Å². The third-order valence-corrected chi connectivity index (χ3v) is 4.52. The minimum atomic E-state index is -0.488. The van der Waals surface area contributed by atoms with E-state index in [9.17, 15) is 5.11 Å². The summed E-state index contributed by atoms with van der Waals surface area (Å²) in [5.74, 6) is 0. The summed E-state index contributed by atoms with van der Waals surface area (Å²) in [4.78, 5) is 0.